The molecule has 1 aliphatic heterocycles. The Labute approximate surface area is 196 Å². The van der Waals surface area contributed by atoms with Crippen molar-refractivity contribution in [1.29, 1.82) is 0 Å². The number of amides is 1. The molecule has 2 N–H and O–H groups in total. The monoisotopic (exact) mass is 463 g/mol. The molecule has 10 heteroatoms. The molecule has 1 aromatic carbocycles. The quantitative estimate of drug-likeness (QED) is 0.480. The Bertz CT molecular complexity index is 1390. The average Bonchev–Trinajstić information content (AvgIpc) is 3.18. The van der Waals surface area contributed by atoms with Gasteiger partial charge in [-0.05, 0) is 32.9 Å². The lowest BCUT2D eigenvalue weighted by Crippen LogP contribution is -2.54. The van der Waals surface area contributed by atoms with Crippen LogP contribution in [0.1, 0.15) is 29.9 Å². The molecule has 0 bridgehead atoms. The number of carbonyl (C=O) groups excluding carboxylic acids is 1. The summed E-state index contributed by atoms with van der Waals surface area (Å²) >= 11 is 0. The molecule has 1 saturated heterocycles. The van der Waals surface area contributed by atoms with Gasteiger partial charge in [-0.15, -0.1) is 0 Å². The van der Waals surface area contributed by atoms with Gasteiger partial charge in [-0.1, -0.05) is 0 Å². The predicted octanol–water partition coefficient (Wildman–Crippen LogP) is 3.17. The third-order valence-electron chi connectivity index (χ3n) is 5.89. The molecule has 2 atom stereocenters. The summed E-state index contributed by atoms with van der Waals surface area (Å²) < 4.78 is 21.3. The van der Waals surface area contributed by atoms with Crippen molar-refractivity contribution >= 4 is 34.0 Å². The van der Waals surface area contributed by atoms with Crippen molar-refractivity contribution in [3.05, 3.63) is 53.9 Å². The van der Waals surface area contributed by atoms with Crippen LogP contribution in [-0.4, -0.2) is 57.5 Å². The van der Waals surface area contributed by atoms with E-state index >= 15 is 0 Å². The first-order valence-electron chi connectivity index (χ1n) is 11.1. The maximum Gasteiger partial charge on any atom is 0.257 e. The fourth-order valence-electron chi connectivity index (χ4n) is 4.57. The molecule has 34 heavy (non-hydrogen) atoms. The molecule has 0 aliphatic carbocycles. The van der Waals surface area contributed by atoms with Crippen LogP contribution >= 0.6 is 0 Å². The molecule has 1 aliphatic rings. The van der Waals surface area contributed by atoms with Crippen molar-refractivity contribution < 1.29 is 13.9 Å². The molecular formula is C24H26FN7O2. The zero-order chi connectivity index (χ0) is 24.0. The second-order valence-electron chi connectivity index (χ2n) is 8.76. The molecule has 1 fully saturated rings. The highest BCUT2D eigenvalue weighted by Gasteiger charge is 2.25. The third kappa shape index (κ3) is 4.01. The maximum absolute atomic E-state index is 14.5. The zero-order valence-electron chi connectivity index (χ0n) is 19.5. The number of aryl methyl sites for hydroxylation is 1. The number of carbonyl (C=O) groups is 1. The number of hydrogen-bond acceptors (Lipinski definition) is 7. The van der Waals surface area contributed by atoms with Gasteiger partial charge in [0.25, 0.3) is 5.91 Å². The number of pyridine rings is 1. The number of methoxy groups -OCH3 is 1. The first-order chi connectivity index (χ1) is 16.3. The van der Waals surface area contributed by atoms with Crippen LogP contribution in [0.5, 0.6) is 5.88 Å². The minimum absolute atomic E-state index is 0.209. The van der Waals surface area contributed by atoms with E-state index in [9.17, 15) is 9.18 Å². The summed E-state index contributed by atoms with van der Waals surface area (Å²) in [6.07, 6.45) is 4.87. The number of piperazine rings is 1. The molecule has 176 valence electrons. The van der Waals surface area contributed by atoms with E-state index in [1.807, 2.05) is 6.07 Å². The van der Waals surface area contributed by atoms with Crippen molar-refractivity contribution in [2.45, 2.75) is 32.9 Å². The SMILES string of the molecule is COc1cnc2c(N3C[C@@H](C)N[C@H](C)C3)ccc(C(=O)Nc3cc(F)c4nc(C)cn4c3)c2n1. The van der Waals surface area contributed by atoms with Crippen LogP contribution in [0.25, 0.3) is 16.7 Å². The van der Waals surface area contributed by atoms with Gasteiger partial charge in [0.15, 0.2) is 11.5 Å². The van der Waals surface area contributed by atoms with Gasteiger partial charge in [0.2, 0.25) is 5.88 Å². The number of nitrogens with zero attached hydrogens (tertiary/aromatic N) is 5. The number of hydrogen-bond donors (Lipinski definition) is 2. The topological polar surface area (TPSA) is 96.7 Å². The van der Waals surface area contributed by atoms with Gasteiger partial charge in [-0.25, -0.2) is 19.3 Å². The lowest BCUT2D eigenvalue weighted by atomic mass is 10.1. The van der Waals surface area contributed by atoms with Gasteiger partial charge < -0.3 is 24.7 Å². The molecule has 9 nitrogen and oxygen atoms in total. The summed E-state index contributed by atoms with van der Waals surface area (Å²) in [5.41, 5.74) is 3.47. The Kier molecular flexibility index (Phi) is 5.52. The lowest BCUT2D eigenvalue weighted by Gasteiger charge is -2.38. The molecule has 4 aromatic rings. The molecule has 0 saturated carbocycles. The van der Waals surface area contributed by atoms with E-state index < -0.39 is 11.7 Å². The van der Waals surface area contributed by atoms with Crippen LogP contribution in [0, 0.1) is 12.7 Å². The van der Waals surface area contributed by atoms with Crippen LogP contribution in [0.15, 0.2) is 36.8 Å². The van der Waals surface area contributed by atoms with E-state index in [0.29, 0.717) is 45.9 Å². The Morgan fingerprint density at radius 1 is 1.18 bits per heavy atom. The number of aromatic nitrogens is 4. The molecule has 5 rings (SSSR count). The van der Waals surface area contributed by atoms with Crippen molar-refractivity contribution in [2.75, 3.05) is 30.4 Å². The molecule has 0 radical (unpaired) electrons. The standard InChI is InChI=1S/C24H26FN7O2/c1-13-9-31(10-14(2)27-13)19-6-5-17(21-22(19)26-8-20(30-21)34-4)24(33)29-16-7-18(25)23-28-15(3)11-32(23)12-16/h5-8,11-14,27H,9-10H2,1-4H3,(H,29,33)/t13-,14-/m1/s1. The van der Waals surface area contributed by atoms with Crippen molar-refractivity contribution in [3.63, 3.8) is 0 Å². The van der Waals surface area contributed by atoms with E-state index in [4.69, 9.17) is 4.74 Å². The summed E-state index contributed by atoms with van der Waals surface area (Å²) in [4.78, 5) is 28.8. The molecule has 1 amide bonds. The van der Waals surface area contributed by atoms with Crippen LogP contribution in [0.3, 0.4) is 0 Å². The Morgan fingerprint density at radius 3 is 2.68 bits per heavy atom. The van der Waals surface area contributed by atoms with Gasteiger partial charge in [-0.3, -0.25) is 4.79 Å². The van der Waals surface area contributed by atoms with Gasteiger partial charge >= 0.3 is 0 Å². The number of fused-ring (bicyclic) bond motifs is 2. The lowest BCUT2D eigenvalue weighted by molar-refractivity contribution is 0.102. The molecule has 4 heterocycles. The predicted molar refractivity (Wildman–Crippen MR) is 128 cm³/mol. The van der Waals surface area contributed by atoms with Crippen LogP contribution in [0.2, 0.25) is 0 Å². The first-order valence-corrected chi connectivity index (χ1v) is 11.1. The minimum Gasteiger partial charge on any atom is -0.480 e. The number of nitrogens with one attached hydrogen (secondary N) is 2. The Balaban J connectivity index is 1.54. The van der Waals surface area contributed by atoms with Gasteiger partial charge in [-0.2, -0.15) is 0 Å². The van der Waals surface area contributed by atoms with E-state index in [1.165, 1.54) is 13.2 Å². The number of rotatable bonds is 4. The van der Waals surface area contributed by atoms with Crippen molar-refractivity contribution in [3.8, 4) is 5.88 Å². The van der Waals surface area contributed by atoms with Crippen molar-refractivity contribution in [2.24, 2.45) is 0 Å². The Hall–Kier alpha value is -3.79. The summed E-state index contributed by atoms with van der Waals surface area (Å²) in [6, 6.07) is 5.50. The highest BCUT2D eigenvalue weighted by atomic mass is 19.1. The zero-order valence-corrected chi connectivity index (χ0v) is 19.5. The van der Waals surface area contributed by atoms with Crippen LogP contribution in [-0.2, 0) is 0 Å². The van der Waals surface area contributed by atoms with Gasteiger partial charge in [0.05, 0.1) is 35.9 Å². The average molecular weight is 464 g/mol. The van der Waals surface area contributed by atoms with Crippen LogP contribution in [0.4, 0.5) is 15.8 Å². The van der Waals surface area contributed by atoms with E-state index in [2.05, 4.69) is 44.3 Å². The fourth-order valence-corrected chi connectivity index (χ4v) is 4.57. The first kappa shape index (κ1) is 22.0. The minimum atomic E-state index is -0.519. The maximum atomic E-state index is 14.5. The largest absolute Gasteiger partial charge is 0.480 e. The second kappa shape index (κ2) is 8.53. The highest BCUT2D eigenvalue weighted by Crippen LogP contribution is 2.30. The van der Waals surface area contributed by atoms with E-state index in [0.717, 1.165) is 18.8 Å². The summed E-state index contributed by atoms with van der Waals surface area (Å²) in [6.45, 7) is 7.67. The summed E-state index contributed by atoms with van der Waals surface area (Å²) in [5, 5.41) is 6.31. The third-order valence-corrected chi connectivity index (χ3v) is 5.89. The smallest absolute Gasteiger partial charge is 0.257 e. The fraction of sp³-hybridized carbons (Fsp3) is 0.333. The van der Waals surface area contributed by atoms with E-state index in [1.54, 1.807) is 36.0 Å². The molecule has 0 spiro atoms. The summed E-state index contributed by atoms with van der Waals surface area (Å²) in [7, 11) is 1.50. The number of halogens is 1. The highest BCUT2D eigenvalue weighted by molar-refractivity contribution is 6.13. The van der Waals surface area contributed by atoms with E-state index in [-0.39, 0.29) is 5.65 Å². The number of benzene rings is 1. The summed E-state index contributed by atoms with van der Waals surface area (Å²) in [5.74, 6) is -0.631. The van der Waals surface area contributed by atoms with Gasteiger partial charge in [0.1, 0.15) is 11.0 Å². The molecule has 3 aromatic heterocycles. The number of imidazole rings is 1. The molecular weight excluding hydrogens is 437 g/mol. The normalized spacial score (nSPS) is 18.4. The second-order valence-corrected chi connectivity index (χ2v) is 8.76. The van der Waals surface area contributed by atoms with Crippen molar-refractivity contribution in [1.82, 2.24) is 24.7 Å². The number of ether oxygens (including phenoxy) is 1. The van der Waals surface area contributed by atoms with Gasteiger partial charge in [0, 0.05) is 43.6 Å². The molecule has 0 unspecified atom stereocenters. The number of anilines is 2. The Morgan fingerprint density at radius 2 is 1.94 bits per heavy atom. The van der Waals surface area contributed by atoms with Crippen LogP contribution < -0.4 is 20.3 Å².